The van der Waals surface area contributed by atoms with Crippen molar-refractivity contribution in [1.29, 1.82) is 0 Å². The number of para-hydroxylation sites is 1. The fourth-order valence-electron chi connectivity index (χ4n) is 7.64. The van der Waals surface area contributed by atoms with Crippen molar-refractivity contribution in [3.05, 3.63) is 193 Å². The molecule has 0 fully saturated rings. The molecule has 1 aliphatic carbocycles. The third-order valence-corrected chi connectivity index (χ3v) is 11.5. The molecule has 53 heavy (non-hydrogen) atoms. The molecule has 0 bridgehead atoms. The quantitative estimate of drug-likeness (QED) is 0.174. The summed E-state index contributed by atoms with van der Waals surface area (Å²) in [6, 6.07) is 55.8. The van der Waals surface area contributed by atoms with Crippen LogP contribution in [0.25, 0.3) is 81.5 Å². The number of benzene rings is 6. The summed E-state index contributed by atoms with van der Waals surface area (Å²) in [6.45, 7) is 0. The Balaban J connectivity index is 1.05. The topological polar surface area (TPSA) is 38.7 Å². The number of hydrogen-bond acceptors (Lipinski definition) is 4. The average molecular weight is 696 g/mol. The number of pyridine rings is 1. The molecule has 1 aliphatic rings. The Hall–Kier alpha value is -6.49. The van der Waals surface area contributed by atoms with Gasteiger partial charge in [-0.05, 0) is 46.9 Å². The molecule has 9 aromatic rings. The van der Waals surface area contributed by atoms with Crippen LogP contribution < -0.4 is 0 Å². The van der Waals surface area contributed by atoms with Gasteiger partial charge in [0.25, 0.3) is 0 Å². The van der Waals surface area contributed by atoms with E-state index >= 15 is 0 Å². The highest BCUT2D eigenvalue weighted by atomic mass is 32.1. The van der Waals surface area contributed by atoms with Crippen molar-refractivity contribution >= 4 is 48.0 Å². The summed E-state index contributed by atoms with van der Waals surface area (Å²) >= 11 is 1.88. The first-order valence-electron chi connectivity index (χ1n) is 18.0. The minimum absolute atomic E-state index is 0.136. The second-order valence-corrected chi connectivity index (χ2v) is 14.6. The number of aromatic nitrogens is 3. The summed E-state index contributed by atoms with van der Waals surface area (Å²) < 4.78 is 2.62. The van der Waals surface area contributed by atoms with Crippen molar-refractivity contribution < 1.29 is 0 Å². The summed E-state index contributed by atoms with van der Waals surface area (Å²) in [7, 11) is 0. The second kappa shape index (κ2) is 13.2. The molecule has 0 amide bonds. The number of hydrogen-bond donors (Lipinski definition) is 0. The number of rotatable bonds is 6. The van der Waals surface area contributed by atoms with Crippen LogP contribution in [0, 0.1) is 0 Å². The van der Waals surface area contributed by atoms with Crippen LogP contribution in [0.1, 0.15) is 23.6 Å². The van der Waals surface area contributed by atoms with E-state index in [0.717, 1.165) is 56.8 Å². The van der Waals surface area contributed by atoms with E-state index in [9.17, 15) is 0 Å². The van der Waals surface area contributed by atoms with Gasteiger partial charge in [-0.25, -0.2) is 9.97 Å². The van der Waals surface area contributed by atoms with E-state index < -0.39 is 0 Å². The number of allylic oxidation sites excluding steroid dienone is 4. The second-order valence-electron chi connectivity index (χ2n) is 13.5. The monoisotopic (exact) mass is 695 g/mol. The Bertz CT molecular complexity index is 2790. The van der Waals surface area contributed by atoms with Crippen LogP contribution in [0.4, 0.5) is 0 Å². The molecular formula is C49H33N3S. The first kappa shape index (κ1) is 31.3. The Morgan fingerprint density at radius 2 is 1.32 bits per heavy atom. The molecule has 0 N–H and O–H groups in total. The van der Waals surface area contributed by atoms with Gasteiger partial charge in [-0.3, -0.25) is 4.98 Å². The molecular weight excluding hydrogens is 663 g/mol. The average Bonchev–Trinajstić information content (AvgIpc) is 3.63. The van der Waals surface area contributed by atoms with Crippen LogP contribution >= 0.6 is 11.3 Å². The number of fused-ring (bicyclic) bond motifs is 4. The van der Waals surface area contributed by atoms with Crippen molar-refractivity contribution in [3.8, 4) is 44.9 Å². The molecule has 0 aliphatic heterocycles. The van der Waals surface area contributed by atoms with Gasteiger partial charge in [0, 0.05) is 59.9 Å². The van der Waals surface area contributed by atoms with E-state index in [4.69, 9.17) is 15.0 Å². The predicted molar refractivity (Wildman–Crippen MR) is 223 cm³/mol. The van der Waals surface area contributed by atoms with Crippen LogP contribution in [0.3, 0.4) is 0 Å². The molecule has 0 saturated carbocycles. The van der Waals surface area contributed by atoms with Gasteiger partial charge in [0.05, 0.1) is 16.9 Å². The summed E-state index contributed by atoms with van der Waals surface area (Å²) in [5, 5.41) is 3.75. The third-order valence-electron chi connectivity index (χ3n) is 10.3. The van der Waals surface area contributed by atoms with Gasteiger partial charge in [-0.15, -0.1) is 11.3 Å². The van der Waals surface area contributed by atoms with Gasteiger partial charge in [-0.2, -0.15) is 0 Å². The molecule has 1 unspecified atom stereocenters. The SMILES string of the molecule is C1=CC(c2cc(-c3ccccc3)nc(-c3ccccc3)n2)CC=C1c1ccc2c(sc3ccccc32)c1-c1ccc(-c2cccc3cccnc23)cc1. The van der Waals surface area contributed by atoms with Crippen LogP contribution in [0.5, 0.6) is 0 Å². The molecule has 3 heterocycles. The van der Waals surface area contributed by atoms with Crippen molar-refractivity contribution in [3.63, 3.8) is 0 Å². The lowest BCUT2D eigenvalue weighted by Crippen LogP contribution is -2.05. The van der Waals surface area contributed by atoms with Crippen molar-refractivity contribution in [2.45, 2.75) is 12.3 Å². The highest BCUT2D eigenvalue weighted by Gasteiger charge is 2.21. The third kappa shape index (κ3) is 5.74. The Labute approximate surface area is 312 Å². The zero-order chi connectivity index (χ0) is 35.1. The number of nitrogens with zero attached hydrogens (tertiary/aromatic N) is 3. The maximum atomic E-state index is 5.14. The molecule has 3 nitrogen and oxygen atoms in total. The smallest absolute Gasteiger partial charge is 0.160 e. The van der Waals surface area contributed by atoms with Gasteiger partial charge in [0.2, 0.25) is 0 Å². The van der Waals surface area contributed by atoms with Crippen LogP contribution in [0.15, 0.2) is 182 Å². The van der Waals surface area contributed by atoms with E-state index in [1.165, 1.54) is 42.4 Å². The lowest BCUT2D eigenvalue weighted by molar-refractivity contribution is 0.813. The van der Waals surface area contributed by atoms with Crippen LogP contribution in [-0.4, -0.2) is 15.0 Å². The lowest BCUT2D eigenvalue weighted by atomic mass is 9.86. The number of thiophene rings is 1. The predicted octanol–water partition coefficient (Wildman–Crippen LogP) is 13.2. The lowest BCUT2D eigenvalue weighted by Gasteiger charge is -2.20. The molecule has 3 aromatic heterocycles. The summed E-state index contributed by atoms with van der Waals surface area (Å²) in [5.74, 6) is 0.891. The molecule has 1 atom stereocenters. The summed E-state index contributed by atoms with van der Waals surface area (Å²) in [6.07, 6.45) is 9.75. The van der Waals surface area contributed by atoms with Gasteiger partial charge in [-0.1, -0.05) is 158 Å². The summed E-state index contributed by atoms with van der Waals surface area (Å²) in [4.78, 5) is 14.9. The molecule has 0 saturated heterocycles. The minimum atomic E-state index is 0.136. The van der Waals surface area contributed by atoms with Crippen LogP contribution in [-0.2, 0) is 0 Å². The Morgan fingerprint density at radius 3 is 2.13 bits per heavy atom. The Morgan fingerprint density at radius 1 is 0.566 bits per heavy atom. The first-order valence-corrected chi connectivity index (χ1v) is 18.9. The molecule has 4 heteroatoms. The summed E-state index contributed by atoms with van der Waals surface area (Å²) in [5.41, 5.74) is 12.4. The first-order chi connectivity index (χ1) is 26.3. The van der Waals surface area contributed by atoms with E-state index in [-0.39, 0.29) is 5.92 Å². The maximum Gasteiger partial charge on any atom is 0.160 e. The normalized spacial score (nSPS) is 14.2. The van der Waals surface area contributed by atoms with Gasteiger partial charge >= 0.3 is 0 Å². The highest BCUT2D eigenvalue weighted by Crippen LogP contribution is 2.45. The maximum absolute atomic E-state index is 5.14. The van der Waals surface area contributed by atoms with Crippen molar-refractivity contribution in [2.24, 2.45) is 0 Å². The van der Waals surface area contributed by atoms with Crippen molar-refractivity contribution in [2.75, 3.05) is 0 Å². The molecule has 6 aromatic carbocycles. The van der Waals surface area contributed by atoms with E-state index in [0.29, 0.717) is 0 Å². The van der Waals surface area contributed by atoms with E-state index in [2.05, 4.69) is 146 Å². The van der Waals surface area contributed by atoms with Crippen molar-refractivity contribution in [1.82, 2.24) is 15.0 Å². The van der Waals surface area contributed by atoms with E-state index in [1.54, 1.807) is 0 Å². The zero-order valence-corrected chi connectivity index (χ0v) is 29.7. The molecule has 10 rings (SSSR count). The van der Waals surface area contributed by atoms with Gasteiger partial charge in [0.1, 0.15) is 0 Å². The van der Waals surface area contributed by atoms with Gasteiger partial charge < -0.3 is 0 Å². The van der Waals surface area contributed by atoms with Crippen LogP contribution in [0.2, 0.25) is 0 Å². The largest absolute Gasteiger partial charge is 0.256 e. The molecule has 0 radical (unpaired) electrons. The minimum Gasteiger partial charge on any atom is -0.256 e. The fourth-order valence-corrected chi connectivity index (χ4v) is 8.91. The van der Waals surface area contributed by atoms with Gasteiger partial charge in [0.15, 0.2) is 5.82 Å². The fraction of sp³-hybridized carbons (Fsp3) is 0.0408. The Kier molecular flexibility index (Phi) is 7.81. The standard InChI is InChI=1S/C49H33N3S/c1-3-11-34(12-4-1)43-31-44(52-49(51-43)38-13-5-2-6-14-38)35-24-20-32(21-25-35)39-28-29-42-41-17-7-8-19-45(41)53-48(42)46(39)36-26-22-33(23-27-36)40-18-9-15-37-16-10-30-50-47(37)40/h1-24,26-31,35H,25H2. The molecule has 250 valence electrons. The molecule has 0 spiro atoms. The van der Waals surface area contributed by atoms with E-state index in [1.807, 2.05) is 47.9 Å². The highest BCUT2D eigenvalue weighted by molar-refractivity contribution is 7.26. The zero-order valence-electron chi connectivity index (χ0n) is 28.9.